The van der Waals surface area contributed by atoms with Crippen molar-refractivity contribution in [1.29, 1.82) is 0 Å². The van der Waals surface area contributed by atoms with E-state index in [4.69, 9.17) is 9.47 Å². The maximum Gasteiger partial charge on any atom is 0.331 e. The summed E-state index contributed by atoms with van der Waals surface area (Å²) in [4.78, 5) is 13.1. The minimum Gasteiger partial charge on any atom is -0.504 e. The second kappa shape index (κ2) is 13.1. The minimum absolute atomic E-state index is 0.0656. The van der Waals surface area contributed by atoms with Gasteiger partial charge in [0.05, 0.1) is 7.11 Å². The van der Waals surface area contributed by atoms with E-state index in [-0.39, 0.29) is 23.2 Å². The van der Waals surface area contributed by atoms with Crippen LogP contribution in [0.1, 0.15) is 139 Å². The zero-order valence-corrected chi connectivity index (χ0v) is 31.0. The first-order chi connectivity index (χ1) is 21.6. The monoisotopic (exact) mass is 634 g/mol. The van der Waals surface area contributed by atoms with Crippen LogP contribution in [0.3, 0.4) is 0 Å². The van der Waals surface area contributed by atoms with Crippen LogP contribution in [0, 0.1) is 63.1 Å². The van der Waals surface area contributed by atoms with Gasteiger partial charge in [-0.25, -0.2) is 4.79 Å². The average Bonchev–Trinajstić information content (AvgIpc) is 3.29. The molecule has 4 aliphatic carbocycles. The van der Waals surface area contributed by atoms with Gasteiger partial charge in [-0.1, -0.05) is 81.2 Å². The molecule has 5 rings (SSSR count). The summed E-state index contributed by atoms with van der Waals surface area (Å²) in [5.74, 6) is 5.67. The largest absolute Gasteiger partial charge is 0.504 e. The zero-order chi connectivity index (χ0) is 33.7. The number of ether oxygens (including phenoxy) is 2. The first kappa shape index (κ1) is 35.3. The van der Waals surface area contributed by atoms with Crippen molar-refractivity contribution in [2.75, 3.05) is 7.11 Å². The highest BCUT2D eigenvalue weighted by molar-refractivity contribution is 5.87. The Kier molecular flexibility index (Phi) is 10.1. The van der Waals surface area contributed by atoms with E-state index in [1.165, 1.54) is 71.0 Å². The van der Waals surface area contributed by atoms with Crippen molar-refractivity contribution < 1.29 is 19.4 Å². The number of benzene rings is 1. The van der Waals surface area contributed by atoms with Crippen LogP contribution in [0.5, 0.6) is 11.5 Å². The lowest BCUT2D eigenvalue weighted by molar-refractivity contribution is -0.208. The predicted octanol–water partition coefficient (Wildman–Crippen LogP) is 11.1. The van der Waals surface area contributed by atoms with Crippen molar-refractivity contribution in [3.63, 3.8) is 0 Å². The number of rotatable bonds is 10. The number of aromatic hydroxyl groups is 1. The smallest absolute Gasteiger partial charge is 0.331 e. The van der Waals surface area contributed by atoms with E-state index in [0.29, 0.717) is 27.9 Å². The molecular weight excluding hydrogens is 568 g/mol. The molecule has 0 radical (unpaired) electrons. The van der Waals surface area contributed by atoms with Gasteiger partial charge in [0.15, 0.2) is 11.5 Å². The third-order valence-electron chi connectivity index (χ3n) is 15.5. The third kappa shape index (κ3) is 5.95. The lowest BCUT2D eigenvalue weighted by atomic mass is 9.38. The molecule has 10 atom stereocenters. The molecule has 4 heteroatoms. The standard InChI is InChI=1S/C42H66O4/c1-11-30(27(2)3)15-12-28(4)31-20-24-42(9)33-16-18-36-39(5,6)37(22-23-40(36,7)32(33)21-25-41(31,42)8)46-38(44)19-14-29-13-17-34(43)35(26-29)45-10/h13-14,17,19,26-28,30-33,36-37,43H,11-12,15-16,18,20-25H2,1-10H3/b19-14+/t28-,30-,31-,32+,33-,36+,37+,40-,41-,42+/m1/s1. The van der Waals surface area contributed by atoms with E-state index in [0.717, 1.165) is 53.9 Å². The Hall–Kier alpha value is -1.97. The van der Waals surface area contributed by atoms with Gasteiger partial charge in [0, 0.05) is 11.5 Å². The molecule has 0 bridgehead atoms. The van der Waals surface area contributed by atoms with Crippen LogP contribution >= 0.6 is 0 Å². The maximum atomic E-state index is 13.1. The van der Waals surface area contributed by atoms with E-state index in [9.17, 15) is 9.90 Å². The van der Waals surface area contributed by atoms with Gasteiger partial charge in [0.1, 0.15) is 6.10 Å². The molecule has 0 amide bonds. The van der Waals surface area contributed by atoms with E-state index in [1.54, 1.807) is 24.3 Å². The molecule has 0 aliphatic heterocycles. The van der Waals surface area contributed by atoms with E-state index in [1.807, 2.05) is 0 Å². The van der Waals surface area contributed by atoms with Gasteiger partial charge in [0.2, 0.25) is 0 Å². The highest BCUT2D eigenvalue weighted by Gasteiger charge is 2.67. The fourth-order valence-corrected chi connectivity index (χ4v) is 12.5. The predicted molar refractivity (Wildman–Crippen MR) is 190 cm³/mol. The number of hydrogen-bond acceptors (Lipinski definition) is 4. The van der Waals surface area contributed by atoms with Crippen molar-refractivity contribution in [2.45, 2.75) is 139 Å². The molecule has 0 unspecified atom stereocenters. The van der Waals surface area contributed by atoms with Crippen molar-refractivity contribution in [2.24, 2.45) is 63.1 Å². The highest BCUT2D eigenvalue weighted by atomic mass is 16.5. The molecule has 1 aromatic carbocycles. The fourth-order valence-electron chi connectivity index (χ4n) is 12.5. The average molecular weight is 635 g/mol. The van der Waals surface area contributed by atoms with Gasteiger partial charge < -0.3 is 14.6 Å². The number of hydrogen-bond donors (Lipinski definition) is 1. The Balaban J connectivity index is 1.27. The van der Waals surface area contributed by atoms with Crippen LogP contribution in [0.2, 0.25) is 0 Å². The molecule has 4 saturated carbocycles. The second-order valence-electron chi connectivity index (χ2n) is 17.9. The lowest BCUT2D eigenvalue weighted by Gasteiger charge is -2.67. The molecular formula is C42H66O4. The fraction of sp³-hybridized carbons (Fsp3) is 0.786. The number of methoxy groups -OCH3 is 1. The van der Waals surface area contributed by atoms with Gasteiger partial charge in [-0.3, -0.25) is 0 Å². The molecule has 258 valence electrons. The SMILES string of the molecule is CC[C@H](CC[C@@H](C)[C@H]1CC[C@@]2(C)[C@@H]3CC[C@H]4C(C)(C)[C@@H](OC(=O)/C=C/c5ccc(O)c(OC)c5)CC[C@]4(C)[C@H]3CC[C@]12C)C(C)C. The quantitative estimate of drug-likeness (QED) is 0.205. The van der Waals surface area contributed by atoms with Crippen molar-refractivity contribution >= 4 is 12.0 Å². The van der Waals surface area contributed by atoms with Gasteiger partial charge in [0.25, 0.3) is 0 Å². The molecule has 0 saturated heterocycles. The van der Waals surface area contributed by atoms with Crippen LogP contribution in [0.15, 0.2) is 24.3 Å². The minimum atomic E-state index is -0.284. The summed E-state index contributed by atoms with van der Waals surface area (Å²) >= 11 is 0. The molecule has 0 aromatic heterocycles. The van der Waals surface area contributed by atoms with Gasteiger partial charge in [-0.2, -0.15) is 0 Å². The maximum absolute atomic E-state index is 13.1. The van der Waals surface area contributed by atoms with Crippen LogP contribution in [-0.2, 0) is 9.53 Å². The second-order valence-corrected chi connectivity index (χ2v) is 17.9. The number of carbonyl (C=O) groups is 1. The summed E-state index contributed by atoms with van der Waals surface area (Å²) < 4.78 is 11.5. The highest BCUT2D eigenvalue weighted by Crippen LogP contribution is 2.74. The zero-order valence-electron chi connectivity index (χ0n) is 31.0. The Morgan fingerprint density at radius 1 is 0.935 bits per heavy atom. The number of esters is 1. The first-order valence-electron chi connectivity index (χ1n) is 18.9. The van der Waals surface area contributed by atoms with Crippen LogP contribution in [-0.4, -0.2) is 24.3 Å². The van der Waals surface area contributed by atoms with Crippen LogP contribution in [0.4, 0.5) is 0 Å². The number of carbonyl (C=O) groups excluding carboxylic acids is 1. The summed E-state index contributed by atoms with van der Waals surface area (Å²) in [7, 11) is 1.53. The Morgan fingerprint density at radius 3 is 2.33 bits per heavy atom. The molecule has 46 heavy (non-hydrogen) atoms. The topological polar surface area (TPSA) is 55.8 Å². The lowest BCUT2D eigenvalue weighted by Crippen LogP contribution is -2.62. The molecule has 4 nitrogen and oxygen atoms in total. The van der Waals surface area contributed by atoms with Gasteiger partial charge >= 0.3 is 5.97 Å². The first-order valence-corrected chi connectivity index (χ1v) is 18.9. The summed E-state index contributed by atoms with van der Waals surface area (Å²) in [5, 5.41) is 9.90. The third-order valence-corrected chi connectivity index (χ3v) is 15.5. The molecule has 0 spiro atoms. The molecule has 4 fully saturated rings. The molecule has 1 aromatic rings. The normalized spacial score (nSPS) is 38.1. The number of phenolic OH excluding ortho intramolecular Hbond substituents is 1. The van der Waals surface area contributed by atoms with Crippen LogP contribution in [0.25, 0.3) is 6.08 Å². The summed E-state index contributed by atoms with van der Waals surface area (Å²) in [5.41, 5.74) is 1.91. The summed E-state index contributed by atoms with van der Waals surface area (Å²) in [6, 6.07) is 5.08. The summed E-state index contributed by atoms with van der Waals surface area (Å²) in [6.45, 7) is 22.6. The Labute approximate surface area is 281 Å². The van der Waals surface area contributed by atoms with Gasteiger partial charge in [-0.05, 0) is 139 Å². The molecule has 0 heterocycles. The van der Waals surface area contributed by atoms with Gasteiger partial charge in [-0.15, -0.1) is 0 Å². The number of fused-ring (bicyclic) bond motifs is 5. The van der Waals surface area contributed by atoms with Crippen molar-refractivity contribution in [3.8, 4) is 11.5 Å². The summed E-state index contributed by atoms with van der Waals surface area (Å²) in [6.07, 6.45) is 17.6. The molecule has 1 N–H and O–H groups in total. The van der Waals surface area contributed by atoms with Crippen molar-refractivity contribution in [1.82, 2.24) is 0 Å². The van der Waals surface area contributed by atoms with E-state index < -0.39 is 0 Å². The number of phenols is 1. The van der Waals surface area contributed by atoms with Crippen molar-refractivity contribution in [3.05, 3.63) is 29.8 Å². The van der Waals surface area contributed by atoms with Crippen LogP contribution < -0.4 is 4.74 Å². The Bertz CT molecular complexity index is 1260. The Morgan fingerprint density at radius 2 is 1.65 bits per heavy atom. The van der Waals surface area contributed by atoms with E-state index in [2.05, 4.69) is 62.3 Å². The van der Waals surface area contributed by atoms with E-state index >= 15 is 0 Å². The molecule has 4 aliphatic rings.